The Morgan fingerprint density at radius 2 is 1.89 bits per heavy atom. The molecule has 0 aliphatic carbocycles. The van der Waals surface area contributed by atoms with E-state index in [-0.39, 0.29) is 5.82 Å². The highest BCUT2D eigenvalue weighted by Crippen LogP contribution is 2.32. The van der Waals surface area contributed by atoms with E-state index in [1.54, 1.807) is 17.8 Å². The maximum absolute atomic E-state index is 13.8. The van der Waals surface area contributed by atoms with Crippen LogP contribution < -0.4 is 5.32 Å². The maximum atomic E-state index is 13.8. The first kappa shape index (κ1) is 14.1. The van der Waals surface area contributed by atoms with Gasteiger partial charge in [0.25, 0.3) is 0 Å². The molecule has 0 bridgehead atoms. The fourth-order valence-electron chi connectivity index (χ4n) is 1.89. The van der Waals surface area contributed by atoms with Crippen molar-refractivity contribution in [2.45, 2.75) is 30.2 Å². The summed E-state index contributed by atoms with van der Waals surface area (Å²) in [7, 11) is 1.83. The molecule has 0 aliphatic rings. The Kier molecular flexibility index (Phi) is 4.61. The molecule has 0 unspecified atom stereocenters. The zero-order chi connectivity index (χ0) is 13.8. The summed E-state index contributed by atoms with van der Waals surface area (Å²) in [6.07, 6.45) is 0. The van der Waals surface area contributed by atoms with E-state index in [1.807, 2.05) is 13.1 Å². The predicted octanol–water partition coefficient (Wildman–Crippen LogP) is 4.31. The highest BCUT2D eigenvalue weighted by molar-refractivity contribution is 7.99. The van der Waals surface area contributed by atoms with Crippen LogP contribution in [0.15, 0.2) is 46.2 Å². The average Bonchev–Trinajstić information content (AvgIpc) is 2.38. The van der Waals surface area contributed by atoms with Crippen molar-refractivity contribution in [1.82, 2.24) is 5.32 Å². The van der Waals surface area contributed by atoms with E-state index in [0.717, 1.165) is 15.4 Å². The molecule has 0 heterocycles. The molecule has 0 spiro atoms. The summed E-state index contributed by atoms with van der Waals surface area (Å²) in [6.45, 7) is 4.73. The van der Waals surface area contributed by atoms with Crippen LogP contribution in [0.2, 0.25) is 0 Å². The van der Waals surface area contributed by atoms with Crippen molar-refractivity contribution in [2.24, 2.45) is 0 Å². The van der Waals surface area contributed by atoms with Crippen LogP contribution in [0.5, 0.6) is 0 Å². The Hall–Kier alpha value is -1.32. The summed E-state index contributed by atoms with van der Waals surface area (Å²) in [6, 6.07) is 11.6. The summed E-state index contributed by atoms with van der Waals surface area (Å²) in [5.41, 5.74) is 3.27. The molecule has 0 amide bonds. The largest absolute Gasteiger partial charge is 0.316 e. The summed E-state index contributed by atoms with van der Waals surface area (Å²) in [5, 5.41) is 3.02. The monoisotopic (exact) mass is 275 g/mol. The van der Waals surface area contributed by atoms with Gasteiger partial charge in [-0.2, -0.15) is 0 Å². The van der Waals surface area contributed by atoms with E-state index in [9.17, 15) is 4.39 Å². The molecule has 19 heavy (non-hydrogen) atoms. The van der Waals surface area contributed by atoms with Gasteiger partial charge in [-0.25, -0.2) is 4.39 Å². The number of hydrogen-bond acceptors (Lipinski definition) is 2. The topological polar surface area (TPSA) is 12.0 Å². The minimum absolute atomic E-state index is 0.150. The van der Waals surface area contributed by atoms with Crippen LogP contribution in [0.4, 0.5) is 4.39 Å². The molecule has 1 N–H and O–H groups in total. The van der Waals surface area contributed by atoms with Crippen LogP contribution in [0.25, 0.3) is 0 Å². The summed E-state index contributed by atoms with van der Waals surface area (Å²) >= 11 is 1.61. The molecular formula is C16H18FNS. The van der Waals surface area contributed by atoms with Gasteiger partial charge in [-0.15, -0.1) is 0 Å². The molecule has 3 heteroatoms. The zero-order valence-corrected chi connectivity index (χ0v) is 12.3. The smallest absolute Gasteiger partial charge is 0.128 e. The van der Waals surface area contributed by atoms with E-state index in [0.29, 0.717) is 6.54 Å². The summed E-state index contributed by atoms with van der Waals surface area (Å²) in [4.78, 5) is 2.11. The van der Waals surface area contributed by atoms with Crippen LogP contribution in [0, 0.1) is 19.7 Å². The quantitative estimate of drug-likeness (QED) is 0.892. The summed E-state index contributed by atoms with van der Waals surface area (Å²) in [5.74, 6) is -0.150. The molecule has 0 aromatic heterocycles. The molecule has 0 aliphatic heterocycles. The molecule has 2 aromatic carbocycles. The first-order valence-corrected chi connectivity index (χ1v) is 7.10. The van der Waals surface area contributed by atoms with Crippen molar-refractivity contribution in [1.29, 1.82) is 0 Å². The lowest BCUT2D eigenvalue weighted by Gasteiger charge is -2.11. The molecule has 0 fully saturated rings. The van der Waals surface area contributed by atoms with Crippen molar-refractivity contribution in [3.8, 4) is 0 Å². The van der Waals surface area contributed by atoms with E-state index < -0.39 is 0 Å². The van der Waals surface area contributed by atoms with Gasteiger partial charge in [0.05, 0.1) is 0 Å². The van der Waals surface area contributed by atoms with Crippen LogP contribution in [0.1, 0.15) is 16.7 Å². The molecule has 100 valence electrons. The second-order valence-electron chi connectivity index (χ2n) is 4.59. The number of rotatable bonds is 4. The van der Waals surface area contributed by atoms with Gasteiger partial charge < -0.3 is 5.32 Å². The highest BCUT2D eigenvalue weighted by atomic mass is 32.2. The van der Waals surface area contributed by atoms with E-state index >= 15 is 0 Å². The second kappa shape index (κ2) is 6.22. The van der Waals surface area contributed by atoms with Crippen LogP contribution in [-0.4, -0.2) is 7.05 Å². The minimum atomic E-state index is -0.150. The summed E-state index contributed by atoms with van der Waals surface area (Å²) < 4.78 is 13.8. The standard InChI is InChI=1S/C16H18FNS/c1-11-7-8-13(9-12(11)2)19-16-6-4-5-15(17)14(16)10-18-3/h4-9,18H,10H2,1-3H3. The van der Waals surface area contributed by atoms with Crippen LogP contribution >= 0.6 is 11.8 Å². The number of aryl methyl sites for hydroxylation is 2. The van der Waals surface area contributed by atoms with Crippen molar-refractivity contribution >= 4 is 11.8 Å². The molecule has 2 aromatic rings. The fraction of sp³-hybridized carbons (Fsp3) is 0.250. The normalized spacial score (nSPS) is 10.7. The highest BCUT2D eigenvalue weighted by Gasteiger charge is 2.09. The minimum Gasteiger partial charge on any atom is -0.316 e. The average molecular weight is 275 g/mol. The van der Waals surface area contributed by atoms with E-state index in [1.165, 1.54) is 17.2 Å². The lowest BCUT2D eigenvalue weighted by molar-refractivity contribution is 0.594. The van der Waals surface area contributed by atoms with Crippen molar-refractivity contribution < 1.29 is 4.39 Å². The SMILES string of the molecule is CNCc1c(F)cccc1Sc1ccc(C)c(C)c1. The molecule has 0 radical (unpaired) electrons. The number of halogens is 1. The molecular weight excluding hydrogens is 257 g/mol. The fourth-order valence-corrected chi connectivity index (χ4v) is 2.95. The molecule has 1 nitrogen and oxygen atoms in total. The van der Waals surface area contributed by atoms with Crippen LogP contribution in [0.3, 0.4) is 0 Å². The van der Waals surface area contributed by atoms with Crippen LogP contribution in [-0.2, 0) is 6.54 Å². The Morgan fingerprint density at radius 3 is 2.58 bits per heavy atom. The maximum Gasteiger partial charge on any atom is 0.128 e. The van der Waals surface area contributed by atoms with Gasteiger partial charge in [0.15, 0.2) is 0 Å². The third-order valence-corrected chi connectivity index (χ3v) is 4.23. The molecule has 0 atom stereocenters. The van der Waals surface area contributed by atoms with Crippen molar-refractivity contribution in [3.05, 3.63) is 58.9 Å². The second-order valence-corrected chi connectivity index (χ2v) is 5.71. The predicted molar refractivity (Wildman–Crippen MR) is 79.2 cm³/mol. The van der Waals surface area contributed by atoms with Crippen molar-refractivity contribution in [2.75, 3.05) is 7.05 Å². The number of nitrogens with one attached hydrogen (secondary N) is 1. The third kappa shape index (κ3) is 3.37. The number of hydrogen-bond donors (Lipinski definition) is 1. The Balaban J connectivity index is 2.32. The van der Waals surface area contributed by atoms with Gasteiger partial charge in [0.2, 0.25) is 0 Å². The van der Waals surface area contributed by atoms with E-state index in [4.69, 9.17) is 0 Å². The molecule has 0 saturated carbocycles. The van der Waals surface area contributed by atoms with E-state index in [2.05, 4.69) is 37.4 Å². The third-order valence-electron chi connectivity index (χ3n) is 3.14. The van der Waals surface area contributed by atoms with Gasteiger partial charge in [-0.3, -0.25) is 0 Å². The van der Waals surface area contributed by atoms with Crippen molar-refractivity contribution in [3.63, 3.8) is 0 Å². The van der Waals surface area contributed by atoms with Gasteiger partial charge in [-0.1, -0.05) is 23.9 Å². The van der Waals surface area contributed by atoms with Gasteiger partial charge in [0.1, 0.15) is 5.82 Å². The first-order chi connectivity index (χ1) is 9.11. The zero-order valence-electron chi connectivity index (χ0n) is 11.5. The van der Waals surface area contributed by atoms with Gasteiger partial charge >= 0.3 is 0 Å². The first-order valence-electron chi connectivity index (χ1n) is 6.29. The Bertz CT molecular complexity index is 581. The molecule has 0 saturated heterocycles. The lowest BCUT2D eigenvalue weighted by atomic mass is 10.1. The van der Waals surface area contributed by atoms with Gasteiger partial charge in [-0.05, 0) is 56.3 Å². The Labute approximate surface area is 118 Å². The molecule has 2 rings (SSSR count). The number of benzene rings is 2. The Morgan fingerprint density at radius 1 is 1.11 bits per heavy atom. The van der Waals surface area contributed by atoms with Gasteiger partial charge in [0, 0.05) is 21.9 Å². The lowest BCUT2D eigenvalue weighted by Crippen LogP contribution is -2.08.